The molecule has 2 aromatic rings. The molecule has 0 bridgehead atoms. The topological polar surface area (TPSA) is 71.1 Å². The minimum absolute atomic E-state index is 0.000945. The summed E-state index contributed by atoms with van der Waals surface area (Å²) in [5.74, 6) is 1.49. The Morgan fingerprint density at radius 2 is 2.00 bits per heavy atom. The molecule has 4 rings (SSSR count). The molecule has 3 heterocycles. The molecular weight excluding hydrogens is 364 g/mol. The Morgan fingerprint density at radius 1 is 1.21 bits per heavy atom. The molecule has 0 atom stereocenters. The third-order valence-electron chi connectivity index (χ3n) is 5.90. The van der Waals surface area contributed by atoms with Crippen molar-refractivity contribution in [2.75, 3.05) is 6.54 Å². The Balaban J connectivity index is 1.39. The van der Waals surface area contributed by atoms with Crippen molar-refractivity contribution < 1.29 is 4.74 Å². The van der Waals surface area contributed by atoms with Gasteiger partial charge in [-0.2, -0.15) is 0 Å². The van der Waals surface area contributed by atoms with Crippen molar-refractivity contribution in [3.63, 3.8) is 0 Å². The summed E-state index contributed by atoms with van der Waals surface area (Å²) in [6.45, 7) is 8.51. The number of H-pyrrole nitrogens is 1. The number of pyridine rings is 1. The standard InChI is InChI=1S/C23H32N4O2/c1-23(2,3)22-25-19-11-12-27(15-18(19)21(28)26-22)14-16-9-10-20(24-13-16)29-17-7-5-4-6-8-17/h9-10,13,17H,4-8,11-12,14-15H2,1-3H3,(H,25,26,28). The number of hydrogen-bond acceptors (Lipinski definition) is 5. The second kappa shape index (κ2) is 8.27. The van der Waals surface area contributed by atoms with E-state index in [9.17, 15) is 4.79 Å². The van der Waals surface area contributed by atoms with Gasteiger partial charge in [0.1, 0.15) is 11.9 Å². The largest absolute Gasteiger partial charge is 0.474 e. The van der Waals surface area contributed by atoms with Gasteiger partial charge in [-0.1, -0.05) is 33.3 Å². The Kier molecular flexibility index (Phi) is 5.72. The zero-order chi connectivity index (χ0) is 20.4. The highest BCUT2D eigenvalue weighted by molar-refractivity contribution is 5.24. The first-order valence-electron chi connectivity index (χ1n) is 10.8. The maximum atomic E-state index is 12.6. The molecule has 29 heavy (non-hydrogen) atoms. The molecule has 1 aliphatic carbocycles. The van der Waals surface area contributed by atoms with Crippen molar-refractivity contribution >= 4 is 0 Å². The molecule has 0 unspecified atom stereocenters. The van der Waals surface area contributed by atoms with E-state index in [1.165, 1.54) is 19.3 Å². The van der Waals surface area contributed by atoms with Crippen molar-refractivity contribution in [2.24, 2.45) is 0 Å². The normalized spacial score (nSPS) is 18.4. The minimum Gasteiger partial charge on any atom is -0.474 e. The maximum Gasteiger partial charge on any atom is 0.255 e. The summed E-state index contributed by atoms with van der Waals surface area (Å²) in [5, 5.41) is 0. The molecule has 6 nitrogen and oxygen atoms in total. The van der Waals surface area contributed by atoms with Crippen molar-refractivity contribution in [3.05, 3.63) is 51.3 Å². The fourth-order valence-corrected chi connectivity index (χ4v) is 4.16. The lowest BCUT2D eigenvalue weighted by molar-refractivity contribution is 0.148. The predicted octanol–water partition coefficient (Wildman–Crippen LogP) is 3.73. The predicted molar refractivity (Wildman–Crippen MR) is 113 cm³/mol. The van der Waals surface area contributed by atoms with E-state index < -0.39 is 0 Å². The lowest BCUT2D eigenvalue weighted by atomic mass is 9.95. The van der Waals surface area contributed by atoms with Crippen LogP contribution >= 0.6 is 0 Å². The van der Waals surface area contributed by atoms with Crippen LogP contribution in [0.25, 0.3) is 0 Å². The van der Waals surface area contributed by atoms with Crippen molar-refractivity contribution in [2.45, 2.75) is 83.9 Å². The van der Waals surface area contributed by atoms with Crippen LogP contribution in [0.2, 0.25) is 0 Å². The first kappa shape index (κ1) is 20.1. The van der Waals surface area contributed by atoms with E-state index in [0.717, 1.165) is 60.9 Å². The van der Waals surface area contributed by atoms with E-state index in [1.807, 2.05) is 12.3 Å². The number of hydrogen-bond donors (Lipinski definition) is 1. The van der Waals surface area contributed by atoms with E-state index >= 15 is 0 Å². The van der Waals surface area contributed by atoms with Crippen LogP contribution in [0.5, 0.6) is 5.88 Å². The van der Waals surface area contributed by atoms with E-state index in [0.29, 0.717) is 12.6 Å². The summed E-state index contributed by atoms with van der Waals surface area (Å²) in [7, 11) is 0. The summed E-state index contributed by atoms with van der Waals surface area (Å²) in [4.78, 5) is 27.1. The smallest absolute Gasteiger partial charge is 0.255 e. The molecule has 1 fully saturated rings. The van der Waals surface area contributed by atoms with Gasteiger partial charge in [-0.3, -0.25) is 9.69 Å². The summed E-state index contributed by atoms with van der Waals surface area (Å²) in [6, 6.07) is 4.07. The van der Waals surface area contributed by atoms with Gasteiger partial charge < -0.3 is 9.72 Å². The number of fused-ring (bicyclic) bond motifs is 1. The molecule has 0 spiro atoms. The third-order valence-corrected chi connectivity index (χ3v) is 5.90. The van der Waals surface area contributed by atoms with Gasteiger partial charge in [0, 0.05) is 43.7 Å². The molecule has 1 N–H and O–H groups in total. The van der Waals surface area contributed by atoms with Gasteiger partial charge in [0.2, 0.25) is 5.88 Å². The lowest BCUT2D eigenvalue weighted by Gasteiger charge is -2.29. The fraction of sp³-hybridized carbons (Fsp3) is 0.609. The minimum atomic E-state index is -0.154. The zero-order valence-electron chi connectivity index (χ0n) is 17.8. The Labute approximate surface area is 172 Å². The zero-order valence-corrected chi connectivity index (χ0v) is 17.8. The number of aromatic amines is 1. The lowest BCUT2D eigenvalue weighted by Crippen LogP contribution is -2.37. The van der Waals surface area contributed by atoms with E-state index in [4.69, 9.17) is 9.72 Å². The second-order valence-electron chi connectivity index (χ2n) is 9.43. The quantitative estimate of drug-likeness (QED) is 0.853. The molecule has 6 heteroatoms. The molecule has 0 aromatic carbocycles. The number of nitrogens with one attached hydrogen (secondary N) is 1. The van der Waals surface area contributed by atoms with E-state index in [2.05, 4.69) is 41.7 Å². The van der Waals surface area contributed by atoms with Crippen LogP contribution in [0, 0.1) is 0 Å². The van der Waals surface area contributed by atoms with Crippen LogP contribution in [-0.4, -0.2) is 32.5 Å². The Morgan fingerprint density at radius 3 is 2.69 bits per heavy atom. The number of ether oxygens (including phenoxy) is 1. The highest BCUT2D eigenvalue weighted by atomic mass is 16.5. The molecular formula is C23H32N4O2. The number of nitrogens with zero attached hydrogens (tertiary/aromatic N) is 3. The highest BCUT2D eigenvalue weighted by Gasteiger charge is 2.25. The molecule has 2 aromatic heterocycles. The van der Waals surface area contributed by atoms with Gasteiger partial charge in [0.05, 0.1) is 11.3 Å². The van der Waals surface area contributed by atoms with Gasteiger partial charge >= 0.3 is 0 Å². The molecule has 0 amide bonds. The SMILES string of the molecule is CC(C)(C)c1nc2c(c(=O)[nH]1)CN(Cc1ccc(OC3CCCCC3)nc1)CC2. The van der Waals surface area contributed by atoms with Crippen LogP contribution in [0.3, 0.4) is 0 Å². The van der Waals surface area contributed by atoms with Crippen molar-refractivity contribution in [3.8, 4) is 5.88 Å². The van der Waals surface area contributed by atoms with Crippen molar-refractivity contribution in [1.29, 1.82) is 0 Å². The van der Waals surface area contributed by atoms with E-state index in [-0.39, 0.29) is 11.0 Å². The summed E-state index contributed by atoms with van der Waals surface area (Å²) >= 11 is 0. The second-order valence-corrected chi connectivity index (χ2v) is 9.43. The average molecular weight is 397 g/mol. The molecule has 0 saturated heterocycles. The molecule has 1 saturated carbocycles. The molecule has 1 aliphatic heterocycles. The number of rotatable bonds is 4. The Hall–Kier alpha value is -2.21. The van der Waals surface area contributed by atoms with Crippen LogP contribution in [0.4, 0.5) is 0 Å². The van der Waals surface area contributed by atoms with Gasteiger partial charge in [-0.05, 0) is 31.2 Å². The van der Waals surface area contributed by atoms with Crippen LogP contribution in [0.1, 0.15) is 75.5 Å². The van der Waals surface area contributed by atoms with Crippen molar-refractivity contribution in [1.82, 2.24) is 19.9 Å². The van der Waals surface area contributed by atoms with E-state index in [1.54, 1.807) is 0 Å². The first-order valence-corrected chi connectivity index (χ1v) is 10.8. The van der Waals surface area contributed by atoms with Gasteiger partial charge in [0.25, 0.3) is 5.56 Å². The molecule has 156 valence electrons. The third kappa shape index (κ3) is 4.86. The summed E-state index contributed by atoms with van der Waals surface area (Å²) in [5.41, 5.74) is 2.73. The Bertz CT molecular complexity index is 893. The molecule has 0 radical (unpaired) electrons. The monoisotopic (exact) mass is 396 g/mol. The average Bonchev–Trinajstić information content (AvgIpc) is 2.70. The maximum absolute atomic E-state index is 12.6. The van der Waals surface area contributed by atoms with Gasteiger partial charge in [0.15, 0.2) is 0 Å². The van der Waals surface area contributed by atoms with Gasteiger partial charge in [-0.25, -0.2) is 9.97 Å². The summed E-state index contributed by atoms with van der Waals surface area (Å²) in [6.07, 6.45) is 9.12. The van der Waals surface area contributed by atoms with Crippen LogP contribution in [0.15, 0.2) is 23.1 Å². The van der Waals surface area contributed by atoms with Crippen LogP contribution in [-0.2, 0) is 24.9 Å². The van der Waals surface area contributed by atoms with Crippen LogP contribution < -0.4 is 10.3 Å². The summed E-state index contributed by atoms with van der Waals surface area (Å²) < 4.78 is 6.02. The highest BCUT2D eigenvalue weighted by Crippen LogP contribution is 2.24. The first-order chi connectivity index (χ1) is 13.9. The molecule has 2 aliphatic rings. The number of aromatic nitrogens is 3. The fourth-order valence-electron chi connectivity index (χ4n) is 4.16. The van der Waals surface area contributed by atoms with Gasteiger partial charge in [-0.15, -0.1) is 0 Å².